The van der Waals surface area contributed by atoms with Gasteiger partial charge in [-0.05, 0) is 18.6 Å². The van der Waals surface area contributed by atoms with Crippen LogP contribution >= 0.6 is 0 Å². The van der Waals surface area contributed by atoms with Gasteiger partial charge in [0.15, 0.2) is 0 Å². The second kappa shape index (κ2) is 6.02. The van der Waals surface area contributed by atoms with E-state index in [1.54, 1.807) is 0 Å². The summed E-state index contributed by atoms with van der Waals surface area (Å²) in [5, 5.41) is 20.8. The van der Waals surface area contributed by atoms with Crippen molar-refractivity contribution in [1.29, 1.82) is 0 Å². The monoisotopic (exact) mass is 252 g/mol. The number of phenols is 1. The molecule has 1 unspecified atom stereocenters. The van der Waals surface area contributed by atoms with Crippen LogP contribution in [0.15, 0.2) is 18.2 Å². The Morgan fingerprint density at radius 1 is 1.44 bits per heavy atom. The minimum Gasteiger partial charge on any atom is -0.507 e. The third kappa shape index (κ3) is 3.21. The smallest absolute Gasteiger partial charge is 0.339 e. The van der Waals surface area contributed by atoms with Crippen LogP contribution in [-0.4, -0.2) is 28.6 Å². The number of anilines is 1. The van der Waals surface area contributed by atoms with Gasteiger partial charge in [-0.2, -0.15) is 0 Å². The van der Waals surface area contributed by atoms with Gasteiger partial charge < -0.3 is 21.3 Å². The molecule has 0 bridgehead atoms. The van der Waals surface area contributed by atoms with Gasteiger partial charge >= 0.3 is 5.97 Å². The molecule has 0 aliphatic heterocycles. The van der Waals surface area contributed by atoms with Gasteiger partial charge in [0.2, 0.25) is 5.91 Å². The Labute approximate surface area is 104 Å². The van der Waals surface area contributed by atoms with Crippen LogP contribution < -0.4 is 11.1 Å². The number of amides is 1. The first kappa shape index (κ1) is 14.0. The van der Waals surface area contributed by atoms with Crippen LogP contribution in [-0.2, 0) is 4.79 Å². The fourth-order valence-corrected chi connectivity index (χ4v) is 1.49. The highest BCUT2D eigenvalue weighted by molar-refractivity contribution is 5.95. The van der Waals surface area contributed by atoms with Crippen molar-refractivity contribution in [2.24, 2.45) is 11.7 Å². The molecule has 0 aliphatic rings. The van der Waals surface area contributed by atoms with Crippen molar-refractivity contribution in [2.75, 3.05) is 11.9 Å². The zero-order valence-electron chi connectivity index (χ0n) is 10.0. The van der Waals surface area contributed by atoms with E-state index >= 15 is 0 Å². The number of carboxylic acid groups (broad SMARTS) is 1. The molecule has 0 saturated heterocycles. The molecular weight excluding hydrogens is 236 g/mol. The molecule has 1 aromatic carbocycles. The number of carbonyl (C=O) groups excluding carboxylic acids is 1. The predicted octanol–water partition coefficient (Wildman–Crippen LogP) is 1.01. The Hall–Kier alpha value is -2.08. The molecule has 0 heterocycles. The van der Waals surface area contributed by atoms with E-state index in [-0.39, 0.29) is 29.7 Å². The lowest BCUT2D eigenvalue weighted by molar-refractivity contribution is -0.119. The first-order chi connectivity index (χ1) is 8.49. The number of rotatable bonds is 5. The number of aromatic hydroxyl groups is 1. The summed E-state index contributed by atoms with van der Waals surface area (Å²) < 4.78 is 0. The number of benzene rings is 1. The predicted molar refractivity (Wildman–Crippen MR) is 66.5 cm³/mol. The lowest BCUT2D eigenvalue weighted by Gasteiger charge is -2.13. The van der Waals surface area contributed by atoms with Crippen molar-refractivity contribution in [2.45, 2.75) is 13.3 Å². The van der Waals surface area contributed by atoms with Gasteiger partial charge in [-0.15, -0.1) is 0 Å². The highest BCUT2D eigenvalue weighted by atomic mass is 16.4. The molecule has 1 rings (SSSR count). The molecular formula is C12H16N2O4. The zero-order valence-corrected chi connectivity index (χ0v) is 10.0. The molecule has 0 fully saturated rings. The minimum absolute atomic E-state index is 0.209. The van der Waals surface area contributed by atoms with Crippen molar-refractivity contribution in [3.63, 3.8) is 0 Å². The minimum atomic E-state index is -1.22. The highest BCUT2D eigenvalue weighted by Crippen LogP contribution is 2.22. The summed E-state index contributed by atoms with van der Waals surface area (Å²) in [6.07, 6.45) is 0.613. The van der Waals surface area contributed by atoms with E-state index in [9.17, 15) is 14.7 Å². The molecule has 0 spiro atoms. The largest absolute Gasteiger partial charge is 0.507 e. The highest BCUT2D eigenvalue weighted by Gasteiger charge is 2.16. The number of hydrogen-bond acceptors (Lipinski definition) is 4. The van der Waals surface area contributed by atoms with E-state index in [0.717, 1.165) is 0 Å². The third-order valence-corrected chi connectivity index (χ3v) is 2.64. The van der Waals surface area contributed by atoms with Crippen LogP contribution in [0.4, 0.5) is 5.69 Å². The number of aromatic carboxylic acids is 1. The maximum Gasteiger partial charge on any atom is 0.339 e. The summed E-state index contributed by atoms with van der Waals surface area (Å²) >= 11 is 0. The van der Waals surface area contributed by atoms with Gasteiger partial charge in [0.05, 0.1) is 5.92 Å². The summed E-state index contributed by atoms with van der Waals surface area (Å²) in [6.45, 7) is 2.09. The molecule has 5 N–H and O–H groups in total. The average molecular weight is 252 g/mol. The third-order valence-electron chi connectivity index (χ3n) is 2.64. The SMILES string of the molecule is CCC(CN)C(=O)Nc1ccc(C(=O)O)c(O)c1. The molecule has 1 amide bonds. The summed E-state index contributed by atoms with van der Waals surface area (Å²) in [6, 6.07) is 3.85. The molecule has 0 aliphatic carbocycles. The fraction of sp³-hybridized carbons (Fsp3) is 0.333. The first-order valence-corrected chi connectivity index (χ1v) is 5.56. The van der Waals surface area contributed by atoms with E-state index in [1.807, 2.05) is 6.92 Å². The summed E-state index contributed by atoms with van der Waals surface area (Å²) in [5.41, 5.74) is 5.58. The molecule has 6 nitrogen and oxygen atoms in total. The Bertz CT molecular complexity index is 455. The molecule has 1 atom stereocenters. The van der Waals surface area contributed by atoms with Crippen LogP contribution in [0.25, 0.3) is 0 Å². The molecule has 18 heavy (non-hydrogen) atoms. The van der Waals surface area contributed by atoms with E-state index < -0.39 is 5.97 Å². The van der Waals surface area contributed by atoms with E-state index in [4.69, 9.17) is 10.8 Å². The van der Waals surface area contributed by atoms with Crippen LogP contribution in [0.3, 0.4) is 0 Å². The fourth-order valence-electron chi connectivity index (χ4n) is 1.49. The van der Waals surface area contributed by atoms with Gasteiger partial charge in [-0.1, -0.05) is 6.92 Å². The van der Waals surface area contributed by atoms with E-state index in [1.165, 1.54) is 18.2 Å². The lowest BCUT2D eigenvalue weighted by atomic mass is 10.1. The molecule has 0 radical (unpaired) electrons. The second-order valence-corrected chi connectivity index (χ2v) is 3.87. The molecule has 98 valence electrons. The van der Waals surface area contributed by atoms with Gasteiger partial charge in [0, 0.05) is 18.3 Å². The zero-order chi connectivity index (χ0) is 13.7. The Morgan fingerprint density at radius 3 is 2.56 bits per heavy atom. The lowest BCUT2D eigenvalue weighted by Crippen LogP contribution is -2.28. The molecule has 0 aromatic heterocycles. The number of hydrogen-bond donors (Lipinski definition) is 4. The van der Waals surface area contributed by atoms with Crippen LogP contribution in [0.1, 0.15) is 23.7 Å². The number of carboxylic acids is 1. The van der Waals surface area contributed by atoms with Gasteiger partial charge in [-0.25, -0.2) is 4.79 Å². The molecule has 6 heteroatoms. The van der Waals surface area contributed by atoms with Crippen LogP contribution in [0, 0.1) is 5.92 Å². The molecule has 1 aromatic rings. The van der Waals surface area contributed by atoms with Crippen molar-refractivity contribution >= 4 is 17.6 Å². The number of carbonyl (C=O) groups is 2. The Morgan fingerprint density at radius 2 is 2.11 bits per heavy atom. The summed E-state index contributed by atoms with van der Waals surface area (Å²) in [4.78, 5) is 22.4. The Kier molecular flexibility index (Phi) is 4.67. The van der Waals surface area contributed by atoms with Crippen LogP contribution in [0.2, 0.25) is 0 Å². The van der Waals surface area contributed by atoms with Gasteiger partial charge in [0.25, 0.3) is 0 Å². The first-order valence-electron chi connectivity index (χ1n) is 5.56. The second-order valence-electron chi connectivity index (χ2n) is 3.87. The van der Waals surface area contributed by atoms with Gasteiger partial charge in [0.1, 0.15) is 11.3 Å². The van der Waals surface area contributed by atoms with Crippen molar-refractivity contribution in [3.05, 3.63) is 23.8 Å². The van der Waals surface area contributed by atoms with Crippen molar-refractivity contribution in [1.82, 2.24) is 0 Å². The number of nitrogens with two attached hydrogens (primary N) is 1. The van der Waals surface area contributed by atoms with Crippen LogP contribution in [0.5, 0.6) is 5.75 Å². The molecule has 0 saturated carbocycles. The standard InChI is InChI=1S/C12H16N2O4/c1-2-7(6-13)11(16)14-8-3-4-9(12(17)18)10(15)5-8/h3-5,7,15H,2,6,13H2,1H3,(H,14,16)(H,17,18). The maximum atomic E-state index is 11.7. The quantitative estimate of drug-likeness (QED) is 0.624. The maximum absolute atomic E-state index is 11.7. The van der Waals surface area contributed by atoms with Gasteiger partial charge in [-0.3, -0.25) is 4.79 Å². The van der Waals surface area contributed by atoms with E-state index in [0.29, 0.717) is 12.1 Å². The summed E-state index contributed by atoms with van der Waals surface area (Å²) in [7, 11) is 0. The van der Waals surface area contributed by atoms with E-state index in [2.05, 4.69) is 5.32 Å². The van der Waals surface area contributed by atoms with Crippen molar-refractivity contribution < 1.29 is 19.8 Å². The van der Waals surface area contributed by atoms with Crippen molar-refractivity contribution in [3.8, 4) is 5.75 Å². The average Bonchev–Trinajstić information content (AvgIpc) is 2.30. The normalized spacial score (nSPS) is 11.9. The summed E-state index contributed by atoms with van der Waals surface area (Å²) in [5.74, 6) is -2.16. The number of nitrogens with one attached hydrogen (secondary N) is 1. The Balaban J connectivity index is 2.83. The topological polar surface area (TPSA) is 113 Å².